The summed E-state index contributed by atoms with van der Waals surface area (Å²) in [6.07, 6.45) is 9.44. The van der Waals surface area contributed by atoms with E-state index in [2.05, 4.69) is 50.7 Å². The number of nitrogens with zero attached hydrogens (tertiary/aromatic N) is 1. The molecule has 3 rings (SSSR count). The van der Waals surface area contributed by atoms with Gasteiger partial charge in [-0.25, -0.2) is 0 Å². The molecule has 1 fully saturated rings. The zero-order chi connectivity index (χ0) is 14.7. The summed E-state index contributed by atoms with van der Waals surface area (Å²) in [5.74, 6) is 0. The maximum Gasteiger partial charge on any atom is 0.0758 e. The molecule has 0 spiro atoms. The Hall–Kier alpha value is -0.580. The highest BCUT2D eigenvalue weighted by molar-refractivity contribution is 9.10. The van der Waals surface area contributed by atoms with Crippen molar-refractivity contribution in [3.63, 3.8) is 0 Å². The second kappa shape index (κ2) is 7.12. The molecule has 1 aliphatic rings. The van der Waals surface area contributed by atoms with Crippen LogP contribution in [0.1, 0.15) is 31.2 Å². The molecule has 1 heterocycles. The van der Waals surface area contributed by atoms with E-state index in [-0.39, 0.29) is 0 Å². The Morgan fingerprint density at radius 2 is 2.24 bits per heavy atom. The Balaban J connectivity index is 1.72. The zero-order valence-electron chi connectivity index (χ0n) is 12.3. The van der Waals surface area contributed by atoms with E-state index in [1.807, 2.05) is 24.0 Å². The van der Waals surface area contributed by atoms with E-state index in [0.29, 0.717) is 6.04 Å². The van der Waals surface area contributed by atoms with Crippen molar-refractivity contribution in [1.82, 2.24) is 10.3 Å². The Morgan fingerprint density at radius 1 is 1.33 bits per heavy atom. The van der Waals surface area contributed by atoms with Crippen LogP contribution in [0, 0.1) is 0 Å². The van der Waals surface area contributed by atoms with Crippen LogP contribution >= 0.6 is 27.7 Å². The summed E-state index contributed by atoms with van der Waals surface area (Å²) < 4.78 is 1.12. The van der Waals surface area contributed by atoms with Crippen LogP contribution in [0.3, 0.4) is 0 Å². The molecular weight excluding hydrogens is 344 g/mol. The molecule has 1 aliphatic carbocycles. The first-order valence-electron chi connectivity index (χ1n) is 7.56. The SMILES string of the molecule is CSC1CCCC(NCc2ccc(Br)c3cccnc23)C1. The number of pyridine rings is 1. The lowest BCUT2D eigenvalue weighted by Gasteiger charge is -2.29. The van der Waals surface area contributed by atoms with Crippen LogP contribution < -0.4 is 5.32 Å². The minimum absolute atomic E-state index is 0.651. The number of rotatable bonds is 4. The van der Waals surface area contributed by atoms with Gasteiger partial charge in [-0.2, -0.15) is 11.8 Å². The summed E-state index contributed by atoms with van der Waals surface area (Å²) in [5.41, 5.74) is 2.40. The summed E-state index contributed by atoms with van der Waals surface area (Å²) in [6.45, 7) is 0.909. The Morgan fingerprint density at radius 3 is 3.10 bits per heavy atom. The third kappa shape index (κ3) is 3.61. The number of fused-ring (bicyclic) bond motifs is 1. The van der Waals surface area contributed by atoms with Crippen molar-refractivity contribution >= 4 is 38.6 Å². The highest BCUT2D eigenvalue weighted by Crippen LogP contribution is 2.28. The molecule has 1 aromatic heterocycles. The second-order valence-corrected chi connectivity index (χ2v) is 7.70. The molecule has 2 atom stereocenters. The molecule has 4 heteroatoms. The van der Waals surface area contributed by atoms with Crippen molar-refractivity contribution in [3.8, 4) is 0 Å². The Bertz CT molecular complexity index is 617. The minimum Gasteiger partial charge on any atom is -0.310 e. The molecule has 0 aliphatic heterocycles. The van der Waals surface area contributed by atoms with E-state index in [4.69, 9.17) is 0 Å². The highest BCUT2D eigenvalue weighted by Gasteiger charge is 2.20. The van der Waals surface area contributed by atoms with Crippen LogP contribution in [-0.2, 0) is 6.54 Å². The summed E-state index contributed by atoms with van der Waals surface area (Å²) in [7, 11) is 0. The van der Waals surface area contributed by atoms with Crippen molar-refractivity contribution < 1.29 is 0 Å². The first-order chi connectivity index (χ1) is 10.3. The van der Waals surface area contributed by atoms with Gasteiger partial charge in [-0.15, -0.1) is 0 Å². The van der Waals surface area contributed by atoms with Crippen molar-refractivity contribution in [3.05, 3.63) is 40.5 Å². The quantitative estimate of drug-likeness (QED) is 0.846. The minimum atomic E-state index is 0.651. The number of nitrogens with one attached hydrogen (secondary N) is 1. The van der Waals surface area contributed by atoms with Gasteiger partial charge in [-0.1, -0.05) is 34.5 Å². The van der Waals surface area contributed by atoms with Crippen LogP contribution in [0.4, 0.5) is 0 Å². The van der Waals surface area contributed by atoms with E-state index in [0.717, 1.165) is 21.8 Å². The van der Waals surface area contributed by atoms with Crippen molar-refractivity contribution in [2.75, 3.05) is 6.26 Å². The fraction of sp³-hybridized carbons (Fsp3) is 0.471. The standard InChI is InChI=1S/C17H21BrN2S/c1-21-14-5-2-4-13(10-14)20-11-12-7-8-16(18)15-6-3-9-19-17(12)15/h3,6-9,13-14,20H,2,4-5,10-11H2,1H3. The summed E-state index contributed by atoms with van der Waals surface area (Å²) in [4.78, 5) is 4.56. The summed E-state index contributed by atoms with van der Waals surface area (Å²) in [6, 6.07) is 9.08. The topological polar surface area (TPSA) is 24.9 Å². The Labute approximate surface area is 139 Å². The third-order valence-electron chi connectivity index (χ3n) is 4.34. The van der Waals surface area contributed by atoms with Gasteiger partial charge in [0, 0.05) is 33.9 Å². The van der Waals surface area contributed by atoms with Gasteiger partial charge in [0.2, 0.25) is 0 Å². The number of hydrogen-bond acceptors (Lipinski definition) is 3. The molecule has 21 heavy (non-hydrogen) atoms. The van der Waals surface area contributed by atoms with Crippen molar-refractivity contribution in [1.29, 1.82) is 0 Å². The van der Waals surface area contributed by atoms with Gasteiger partial charge in [-0.05, 0) is 43.2 Å². The van der Waals surface area contributed by atoms with Crippen molar-refractivity contribution in [2.24, 2.45) is 0 Å². The van der Waals surface area contributed by atoms with Crippen LogP contribution in [-0.4, -0.2) is 22.5 Å². The number of hydrogen-bond donors (Lipinski definition) is 1. The van der Waals surface area contributed by atoms with E-state index >= 15 is 0 Å². The number of thioether (sulfide) groups is 1. The maximum absolute atomic E-state index is 4.56. The molecule has 2 aromatic rings. The first-order valence-corrected chi connectivity index (χ1v) is 9.64. The molecule has 1 aromatic carbocycles. The number of aromatic nitrogens is 1. The van der Waals surface area contributed by atoms with Gasteiger partial charge in [0.05, 0.1) is 5.52 Å². The van der Waals surface area contributed by atoms with Crippen LogP contribution in [0.5, 0.6) is 0 Å². The summed E-state index contributed by atoms with van der Waals surface area (Å²) in [5, 5.41) is 5.77. The van der Waals surface area contributed by atoms with Crippen molar-refractivity contribution in [2.45, 2.75) is 43.5 Å². The molecule has 1 N–H and O–H groups in total. The zero-order valence-corrected chi connectivity index (χ0v) is 14.7. The molecule has 1 saturated carbocycles. The van der Waals surface area contributed by atoms with E-state index in [9.17, 15) is 0 Å². The Kier molecular flexibility index (Phi) is 5.19. The predicted octanol–water partition coefficient (Wildman–Crippen LogP) is 4.76. The van der Waals surface area contributed by atoms with Crippen LogP contribution in [0.2, 0.25) is 0 Å². The third-order valence-corrected chi connectivity index (χ3v) is 6.13. The average molecular weight is 365 g/mol. The lowest BCUT2D eigenvalue weighted by molar-refractivity contribution is 0.380. The molecule has 0 bridgehead atoms. The first kappa shape index (κ1) is 15.3. The average Bonchev–Trinajstić information content (AvgIpc) is 2.55. The highest BCUT2D eigenvalue weighted by atomic mass is 79.9. The molecule has 2 nitrogen and oxygen atoms in total. The smallest absolute Gasteiger partial charge is 0.0758 e. The van der Waals surface area contributed by atoms with Gasteiger partial charge in [0.25, 0.3) is 0 Å². The lowest BCUT2D eigenvalue weighted by Crippen LogP contribution is -2.34. The van der Waals surface area contributed by atoms with Gasteiger partial charge in [-0.3, -0.25) is 4.98 Å². The molecule has 112 valence electrons. The number of benzene rings is 1. The fourth-order valence-corrected chi connectivity index (χ4v) is 4.42. The van der Waals surface area contributed by atoms with E-state index in [1.165, 1.54) is 36.6 Å². The summed E-state index contributed by atoms with van der Waals surface area (Å²) >= 11 is 5.63. The van der Waals surface area contributed by atoms with Gasteiger partial charge in [0.1, 0.15) is 0 Å². The second-order valence-electron chi connectivity index (χ2n) is 5.71. The fourth-order valence-electron chi connectivity index (χ4n) is 3.14. The van der Waals surface area contributed by atoms with Gasteiger partial charge >= 0.3 is 0 Å². The van der Waals surface area contributed by atoms with Gasteiger partial charge in [0.15, 0.2) is 0 Å². The molecule has 0 saturated heterocycles. The maximum atomic E-state index is 4.56. The van der Waals surface area contributed by atoms with Gasteiger partial charge < -0.3 is 5.32 Å². The van der Waals surface area contributed by atoms with Crippen LogP contribution in [0.25, 0.3) is 10.9 Å². The molecule has 2 unspecified atom stereocenters. The molecule has 0 amide bonds. The predicted molar refractivity (Wildman–Crippen MR) is 95.8 cm³/mol. The number of halogens is 1. The van der Waals surface area contributed by atoms with E-state index in [1.54, 1.807) is 0 Å². The largest absolute Gasteiger partial charge is 0.310 e. The monoisotopic (exact) mass is 364 g/mol. The van der Waals surface area contributed by atoms with Crippen LogP contribution in [0.15, 0.2) is 34.9 Å². The molecule has 0 radical (unpaired) electrons. The normalized spacial score (nSPS) is 22.6. The lowest BCUT2D eigenvalue weighted by atomic mass is 9.94. The van der Waals surface area contributed by atoms with E-state index < -0.39 is 0 Å². The molecular formula is C17H21BrN2S.